The Morgan fingerprint density at radius 1 is 1.26 bits per heavy atom. The van der Waals surface area contributed by atoms with Crippen molar-refractivity contribution < 1.29 is 0 Å². The lowest BCUT2D eigenvalue weighted by atomic mass is 9.90. The van der Waals surface area contributed by atoms with Crippen molar-refractivity contribution in [2.45, 2.75) is 63.1 Å². The molecule has 4 heteroatoms. The van der Waals surface area contributed by atoms with Crippen molar-refractivity contribution in [1.29, 1.82) is 0 Å². The topological polar surface area (TPSA) is 55.0 Å². The van der Waals surface area contributed by atoms with Crippen LogP contribution in [0, 0.1) is 0 Å². The molecule has 2 bridgehead atoms. The summed E-state index contributed by atoms with van der Waals surface area (Å²) in [6, 6.07) is 1.67. The van der Waals surface area contributed by atoms with E-state index < -0.39 is 0 Å². The summed E-state index contributed by atoms with van der Waals surface area (Å²) >= 11 is 0. The average Bonchev–Trinajstić information content (AvgIpc) is 2.62. The quantitative estimate of drug-likeness (QED) is 0.899. The van der Waals surface area contributed by atoms with Gasteiger partial charge in [-0.3, -0.25) is 0 Å². The Morgan fingerprint density at radius 2 is 1.84 bits per heavy atom. The summed E-state index contributed by atoms with van der Waals surface area (Å²) in [5.74, 6) is 1.59. The average molecular weight is 260 g/mol. The number of nitrogens with zero attached hydrogens (tertiary/aromatic N) is 3. The molecule has 0 saturated carbocycles. The van der Waals surface area contributed by atoms with Crippen LogP contribution in [0.25, 0.3) is 0 Å². The largest absolute Gasteiger partial charge is 0.328 e. The van der Waals surface area contributed by atoms with Crippen LogP contribution in [0.2, 0.25) is 0 Å². The Hall–Kier alpha value is -1.00. The van der Waals surface area contributed by atoms with E-state index in [-0.39, 0.29) is 6.04 Å². The maximum atomic E-state index is 5.80. The zero-order valence-electron chi connectivity index (χ0n) is 11.9. The van der Waals surface area contributed by atoms with E-state index >= 15 is 0 Å². The molecule has 3 rings (SSSR count). The van der Waals surface area contributed by atoms with Crippen molar-refractivity contribution >= 4 is 0 Å². The van der Waals surface area contributed by atoms with Gasteiger partial charge in [-0.1, -0.05) is 0 Å². The second kappa shape index (κ2) is 5.17. The molecule has 1 aromatic rings. The number of rotatable bonds is 3. The van der Waals surface area contributed by atoms with Crippen LogP contribution in [-0.2, 0) is 6.42 Å². The summed E-state index contributed by atoms with van der Waals surface area (Å²) in [4.78, 5) is 11.7. The van der Waals surface area contributed by atoms with Crippen LogP contribution in [-0.4, -0.2) is 40.0 Å². The molecule has 3 unspecified atom stereocenters. The van der Waals surface area contributed by atoms with Gasteiger partial charge in [-0.25, -0.2) is 9.97 Å². The maximum absolute atomic E-state index is 5.80. The number of nitrogens with two attached hydrogens (primary N) is 1. The van der Waals surface area contributed by atoms with Crippen LogP contribution in [0.1, 0.15) is 49.9 Å². The molecule has 2 aliphatic heterocycles. The van der Waals surface area contributed by atoms with Crippen LogP contribution < -0.4 is 5.73 Å². The minimum atomic E-state index is 0.175. The summed E-state index contributed by atoms with van der Waals surface area (Å²) in [6.45, 7) is 2.02. The molecule has 104 valence electrons. The molecule has 2 N–H and O–H groups in total. The monoisotopic (exact) mass is 260 g/mol. The second-order valence-electron chi connectivity index (χ2n) is 6.35. The first-order valence-electron chi connectivity index (χ1n) is 7.42. The molecule has 4 nitrogen and oxygen atoms in total. The van der Waals surface area contributed by atoms with E-state index in [0.717, 1.165) is 29.9 Å². The van der Waals surface area contributed by atoms with Gasteiger partial charge in [-0.15, -0.1) is 0 Å². The zero-order chi connectivity index (χ0) is 13.4. The minimum Gasteiger partial charge on any atom is -0.328 e. The minimum absolute atomic E-state index is 0.175. The van der Waals surface area contributed by atoms with Gasteiger partial charge in [0.05, 0.1) is 0 Å². The molecule has 1 aromatic heterocycles. The SMILES string of the molecule is CC(N)Cc1cnc(C2CC3CCC(C2)N3C)nc1. The Morgan fingerprint density at radius 3 is 2.37 bits per heavy atom. The fourth-order valence-electron chi connectivity index (χ4n) is 3.68. The van der Waals surface area contributed by atoms with E-state index in [2.05, 4.69) is 21.9 Å². The summed E-state index contributed by atoms with van der Waals surface area (Å²) in [7, 11) is 2.27. The predicted octanol–water partition coefficient (Wildman–Crippen LogP) is 1.71. The number of aromatic nitrogens is 2. The molecule has 2 fully saturated rings. The van der Waals surface area contributed by atoms with Crippen LogP contribution in [0.5, 0.6) is 0 Å². The van der Waals surface area contributed by atoms with Gasteiger partial charge in [0.25, 0.3) is 0 Å². The molecule has 0 aromatic carbocycles. The fourth-order valence-corrected chi connectivity index (χ4v) is 3.68. The predicted molar refractivity (Wildman–Crippen MR) is 75.9 cm³/mol. The molecular formula is C15H24N4. The molecule has 0 radical (unpaired) electrons. The van der Waals surface area contributed by atoms with Gasteiger partial charge >= 0.3 is 0 Å². The van der Waals surface area contributed by atoms with Crippen molar-refractivity contribution in [3.05, 3.63) is 23.8 Å². The van der Waals surface area contributed by atoms with Crippen molar-refractivity contribution in [2.24, 2.45) is 5.73 Å². The van der Waals surface area contributed by atoms with E-state index in [9.17, 15) is 0 Å². The van der Waals surface area contributed by atoms with Crippen molar-refractivity contribution in [3.8, 4) is 0 Å². The lowest BCUT2D eigenvalue weighted by Crippen LogP contribution is -2.39. The summed E-state index contributed by atoms with van der Waals surface area (Å²) in [5, 5.41) is 0. The van der Waals surface area contributed by atoms with E-state index in [0.29, 0.717) is 5.92 Å². The van der Waals surface area contributed by atoms with E-state index in [1.807, 2.05) is 19.3 Å². The van der Waals surface area contributed by atoms with Gasteiger partial charge in [0.1, 0.15) is 5.82 Å². The number of piperidine rings is 1. The number of fused-ring (bicyclic) bond motifs is 2. The van der Waals surface area contributed by atoms with Crippen LogP contribution in [0.4, 0.5) is 0 Å². The Kier molecular flexibility index (Phi) is 3.54. The molecule has 3 atom stereocenters. The van der Waals surface area contributed by atoms with E-state index in [1.54, 1.807) is 0 Å². The highest BCUT2D eigenvalue weighted by Gasteiger charge is 2.39. The first-order valence-corrected chi connectivity index (χ1v) is 7.42. The molecule has 0 spiro atoms. The van der Waals surface area contributed by atoms with Crippen LogP contribution in [0.15, 0.2) is 12.4 Å². The molecule has 3 heterocycles. The smallest absolute Gasteiger partial charge is 0.131 e. The van der Waals surface area contributed by atoms with Crippen molar-refractivity contribution in [2.75, 3.05) is 7.05 Å². The highest BCUT2D eigenvalue weighted by atomic mass is 15.2. The third-order valence-corrected chi connectivity index (χ3v) is 4.75. The zero-order valence-corrected chi connectivity index (χ0v) is 11.9. The summed E-state index contributed by atoms with van der Waals surface area (Å²) in [5.41, 5.74) is 6.95. The van der Waals surface area contributed by atoms with E-state index in [4.69, 9.17) is 5.73 Å². The Balaban J connectivity index is 1.70. The van der Waals surface area contributed by atoms with Crippen LogP contribution >= 0.6 is 0 Å². The lowest BCUT2D eigenvalue weighted by Gasteiger charge is -2.35. The van der Waals surface area contributed by atoms with Crippen molar-refractivity contribution in [1.82, 2.24) is 14.9 Å². The highest BCUT2D eigenvalue weighted by molar-refractivity contribution is 5.11. The Labute approximate surface area is 115 Å². The number of hydrogen-bond donors (Lipinski definition) is 1. The van der Waals surface area contributed by atoms with Gasteiger partial charge in [-0.2, -0.15) is 0 Å². The highest BCUT2D eigenvalue weighted by Crippen LogP contribution is 2.40. The Bertz CT molecular complexity index is 414. The normalized spacial score (nSPS) is 32.5. The fraction of sp³-hybridized carbons (Fsp3) is 0.733. The third-order valence-electron chi connectivity index (χ3n) is 4.75. The van der Waals surface area contributed by atoms with Gasteiger partial charge in [0, 0.05) is 36.4 Å². The summed E-state index contributed by atoms with van der Waals surface area (Å²) in [6.07, 6.45) is 9.93. The van der Waals surface area contributed by atoms with Gasteiger partial charge < -0.3 is 10.6 Å². The maximum Gasteiger partial charge on any atom is 0.131 e. The standard InChI is InChI=1S/C15H24N4/c1-10(16)5-11-8-17-15(18-9-11)12-6-13-3-4-14(7-12)19(13)2/h8-10,12-14H,3-7,16H2,1-2H3. The third kappa shape index (κ3) is 2.65. The molecule has 19 heavy (non-hydrogen) atoms. The molecule has 2 saturated heterocycles. The van der Waals surface area contributed by atoms with Crippen LogP contribution in [0.3, 0.4) is 0 Å². The first-order chi connectivity index (χ1) is 9.13. The number of hydrogen-bond acceptors (Lipinski definition) is 4. The molecule has 0 aliphatic carbocycles. The molecular weight excluding hydrogens is 236 g/mol. The first kappa shape index (κ1) is 13.0. The van der Waals surface area contributed by atoms with Gasteiger partial charge in [-0.05, 0) is 51.6 Å². The lowest BCUT2D eigenvalue weighted by molar-refractivity contribution is 0.159. The van der Waals surface area contributed by atoms with Crippen molar-refractivity contribution in [3.63, 3.8) is 0 Å². The second-order valence-corrected chi connectivity index (χ2v) is 6.35. The van der Waals surface area contributed by atoms with Gasteiger partial charge in [0.15, 0.2) is 0 Å². The summed E-state index contributed by atoms with van der Waals surface area (Å²) < 4.78 is 0. The molecule has 0 amide bonds. The molecule has 2 aliphatic rings. The van der Waals surface area contributed by atoms with Gasteiger partial charge in [0.2, 0.25) is 0 Å². The van der Waals surface area contributed by atoms with E-state index in [1.165, 1.54) is 25.7 Å².